The van der Waals surface area contributed by atoms with Gasteiger partial charge in [0, 0.05) is 0 Å². The van der Waals surface area contributed by atoms with Gasteiger partial charge < -0.3 is 0 Å². The van der Waals surface area contributed by atoms with Crippen molar-refractivity contribution < 1.29 is 0 Å². The lowest BCUT2D eigenvalue weighted by molar-refractivity contribution is 0.798. The Balaban J connectivity index is 0.00000144. The van der Waals surface area contributed by atoms with Gasteiger partial charge in [0.25, 0.3) is 0 Å². The first-order valence-corrected chi connectivity index (χ1v) is 6.12. The average Bonchev–Trinajstić information content (AvgIpc) is 2.27. The zero-order valence-corrected chi connectivity index (χ0v) is 10.6. The van der Waals surface area contributed by atoms with Crippen molar-refractivity contribution in [1.29, 1.82) is 0 Å². The van der Waals surface area contributed by atoms with Crippen molar-refractivity contribution in [2.24, 2.45) is 0 Å². The monoisotopic (exact) mass is 228 g/mol. The van der Waals surface area contributed by atoms with Gasteiger partial charge in [0.1, 0.15) is 0 Å². The van der Waals surface area contributed by atoms with Crippen LogP contribution in [0.5, 0.6) is 0 Å². The van der Waals surface area contributed by atoms with Crippen LogP contribution in [0.1, 0.15) is 58.1 Å². The summed E-state index contributed by atoms with van der Waals surface area (Å²) >= 11 is 0. The Bertz CT molecular complexity index is 492. The summed E-state index contributed by atoms with van der Waals surface area (Å²) < 4.78 is 0. The van der Waals surface area contributed by atoms with Crippen LogP contribution in [-0.4, -0.2) is 0 Å². The van der Waals surface area contributed by atoms with Crippen LogP contribution in [0.15, 0.2) is 36.4 Å². The largest absolute Gasteiger partial charge is 0.0776 e. The van der Waals surface area contributed by atoms with Crippen molar-refractivity contribution in [3.8, 4) is 0 Å². The molecule has 0 bridgehead atoms. The van der Waals surface area contributed by atoms with E-state index in [9.17, 15) is 0 Å². The molecule has 0 heterocycles. The zero-order chi connectivity index (χ0) is 11.7. The van der Waals surface area contributed by atoms with E-state index in [0.717, 1.165) is 0 Å². The van der Waals surface area contributed by atoms with E-state index in [1.807, 2.05) is 0 Å². The van der Waals surface area contributed by atoms with E-state index in [1.54, 1.807) is 0 Å². The second-order valence-corrected chi connectivity index (χ2v) is 5.10. The minimum Gasteiger partial charge on any atom is -0.0776 e. The van der Waals surface area contributed by atoms with Crippen LogP contribution in [-0.2, 0) is 0 Å². The van der Waals surface area contributed by atoms with Crippen LogP contribution in [0.2, 0.25) is 0 Å². The fourth-order valence-electron chi connectivity index (χ4n) is 2.46. The first kappa shape index (κ1) is 13.8. The van der Waals surface area contributed by atoms with Crippen LogP contribution in [0.25, 0.3) is 10.8 Å². The zero-order valence-electron chi connectivity index (χ0n) is 10.6. The molecule has 0 spiro atoms. The van der Waals surface area contributed by atoms with Crippen molar-refractivity contribution in [3.63, 3.8) is 0 Å². The number of fused-ring (bicyclic) bond motifs is 1. The molecule has 0 aliphatic carbocycles. The molecule has 0 radical (unpaired) electrons. The second kappa shape index (κ2) is 5.35. The molecule has 92 valence electrons. The van der Waals surface area contributed by atoms with E-state index < -0.39 is 0 Å². The summed E-state index contributed by atoms with van der Waals surface area (Å²) in [5.41, 5.74) is 3.02. The molecular formula is C17H24. The third kappa shape index (κ3) is 2.52. The quantitative estimate of drug-likeness (QED) is 0.616. The number of benzene rings is 2. The molecule has 0 aliphatic heterocycles. The highest BCUT2D eigenvalue weighted by molar-refractivity contribution is 5.87. The molecule has 0 unspecified atom stereocenters. The maximum atomic E-state index is 2.29. The van der Waals surface area contributed by atoms with Crippen LogP contribution in [0.3, 0.4) is 0 Å². The molecule has 2 aromatic rings. The lowest BCUT2D eigenvalue weighted by atomic mass is 9.86. The summed E-state index contributed by atoms with van der Waals surface area (Å²) in [6, 6.07) is 13.2. The number of hydrogen-bond donors (Lipinski definition) is 0. The summed E-state index contributed by atoms with van der Waals surface area (Å²) in [7, 11) is 0. The van der Waals surface area contributed by atoms with Gasteiger partial charge in [-0.1, -0.05) is 71.5 Å². The Labute approximate surface area is 106 Å². The molecule has 17 heavy (non-hydrogen) atoms. The van der Waals surface area contributed by atoms with Gasteiger partial charge in [-0.25, -0.2) is 0 Å². The molecule has 0 heteroatoms. The standard InChI is InChI=1S/C16H20.CH4/c1-11(2)14-10-9-13-7-5-6-8-15(13)16(14)12(3)4;/h5-12H,1-4H3;1H4. The molecule has 0 amide bonds. The van der Waals surface area contributed by atoms with Crippen molar-refractivity contribution in [2.45, 2.75) is 47.0 Å². The van der Waals surface area contributed by atoms with E-state index in [1.165, 1.54) is 21.9 Å². The minimum absolute atomic E-state index is 0. The van der Waals surface area contributed by atoms with E-state index in [-0.39, 0.29) is 7.43 Å². The average molecular weight is 228 g/mol. The van der Waals surface area contributed by atoms with Crippen LogP contribution >= 0.6 is 0 Å². The summed E-state index contributed by atoms with van der Waals surface area (Å²) in [6.45, 7) is 9.12. The first-order chi connectivity index (χ1) is 7.61. The Morgan fingerprint density at radius 2 is 1.41 bits per heavy atom. The SMILES string of the molecule is C.CC(C)c1ccc2ccccc2c1C(C)C. The Morgan fingerprint density at radius 1 is 0.765 bits per heavy atom. The third-order valence-corrected chi connectivity index (χ3v) is 3.20. The van der Waals surface area contributed by atoms with Crippen molar-refractivity contribution in [3.05, 3.63) is 47.5 Å². The molecule has 0 saturated heterocycles. The fourth-order valence-corrected chi connectivity index (χ4v) is 2.46. The van der Waals surface area contributed by atoms with Gasteiger partial charge in [0.2, 0.25) is 0 Å². The summed E-state index contributed by atoms with van der Waals surface area (Å²) in [6.07, 6.45) is 0. The smallest absolute Gasteiger partial charge is 0.0146 e. The fraction of sp³-hybridized carbons (Fsp3) is 0.412. The van der Waals surface area contributed by atoms with Gasteiger partial charge in [-0.15, -0.1) is 0 Å². The van der Waals surface area contributed by atoms with Crippen molar-refractivity contribution >= 4 is 10.8 Å². The van der Waals surface area contributed by atoms with Crippen molar-refractivity contribution in [1.82, 2.24) is 0 Å². The van der Waals surface area contributed by atoms with E-state index in [2.05, 4.69) is 64.1 Å². The van der Waals surface area contributed by atoms with Crippen LogP contribution in [0, 0.1) is 0 Å². The predicted molar refractivity (Wildman–Crippen MR) is 78.9 cm³/mol. The molecule has 0 aromatic heterocycles. The van der Waals surface area contributed by atoms with Gasteiger partial charge in [-0.2, -0.15) is 0 Å². The van der Waals surface area contributed by atoms with Crippen LogP contribution < -0.4 is 0 Å². The lowest BCUT2D eigenvalue weighted by Gasteiger charge is -2.18. The second-order valence-electron chi connectivity index (χ2n) is 5.10. The van der Waals surface area contributed by atoms with E-state index >= 15 is 0 Å². The highest BCUT2D eigenvalue weighted by Crippen LogP contribution is 2.32. The number of rotatable bonds is 2. The van der Waals surface area contributed by atoms with Gasteiger partial charge in [0.15, 0.2) is 0 Å². The maximum absolute atomic E-state index is 2.29. The topological polar surface area (TPSA) is 0 Å². The normalized spacial score (nSPS) is 10.9. The first-order valence-electron chi connectivity index (χ1n) is 6.12. The van der Waals surface area contributed by atoms with Crippen molar-refractivity contribution in [2.75, 3.05) is 0 Å². The Morgan fingerprint density at radius 3 is 2.00 bits per heavy atom. The summed E-state index contributed by atoms with van der Waals surface area (Å²) in [5, 5.41) is 2.78. The summed E-state index contributed by atoms with van der Waals surface area (Å²) in [4.78, 5) is 0. The predicted octanol–water partition coefficient (Wildman–Crippen LogP) is 5.72. The molecule has 2 aromatic carbocycles. The van der Waals surface area contributed by atoms with E-state index in [4.69, 9.17) is 0 Å². The lowest BCUT2D eigenvalue weighted by Crippen LogP contribution is -1.99. The summed E-state index contributed by atoms with van der Waals surface area (Å²) in [5.74, 6) is 1.19. The Kier molecular flexibility index (Phi) is 4.34. The van der Waals surface area contributed by atoms with Gasteiger partial charge in [-0.3, -0.25) is 0 Å². The van der Waals surface area contributed by atoms with Gasteiger partial charge in [0.05, 0.1) is 0 Å². The third-order valence-electron chi connectivity index (χ3n) is 3.20. The van der Waals surface area contributed by atoms with Gasteiger partial charge in [-0.05, 0) is 33.7 Å². The molecule has 0 saturated carbocycles. The van der Waals surface area contributed by atoms with Gasteiger partial charge >= 0.3 is 0 Å². The molecule has 2 rings (SSSR count). The highest BCUT2D eigenvalue weighted by Gasteiger charge is 2.12. The maximum Gasteiger partial charge on any atom is -0.0146 e. The van der Waals surface area contributed by atoms with E-state index in [0.29, 0.717) is 11.8 Å². The van der Waals surface area contributed by atoms with Crippen LogP contribution in [0.4, 0.5) is 0 Å². The molecule has 0 fully saturated rings. The Hall–Kier alpha value is -1.30. The molecule has 0 nitrogen and oxygen atoms in total. The molecule has 0 N–H and O–H groups in total. The molecule has 0 aliphatic rings. The highest BCUT2D eigenvalue weighted by atomic mass is 14.2. The number of hydrogen-bond acceptors (Lipinski definition) is 0. The molecule has 0 atom stereocenters. The molecular weight excluding hydrogens is 204 g/mol. The minimum atomic E-state index is 0.